The monoisotopic (exact) mass is 465 g/mol. The molecule has 0 aliphatic rings. The normalized spacial score (nSPS) is 10.8. The van der Waals surface area contributed by atoms with Crippen molar-refractivity contribution in [2.24, 2.45) is 5.73 Å². The van der Waals surface area contributed by atoms with E-state index in [1.807, 2.05) is 5.32 Å². The van der Waals surface area contributed by atoms with E-state index < -0.39 is 36.5 Å². The zero-order valence-electron chi connectivity index (χ0n) is 16.1. The van der Waals surface area contributed by atoms with Gasteiger partial charge in [0, 0.05) is 11.4 Å². The molecule has 12 heteroatoms. The van der Waals surface area contributed by atoms with Crippen LogP contribution in [-0.4, -0.2) is 40.2 Å². The lowest BCUT2D eigenvalue weighted by atomic mass is 10.2. The van der Waals surface area contributed by atoms with Gasteiger partial charge in [-0.15, -0.1) is 0 Å². The van der Waals surface area contributed by atoms with Crippen LogP contribution < -0.4 is 16.4 Å². The number of nitrogens with two attached hydrogens (primary N) is 1. The summed E-state index contributed by atoms with van der Waals surface area (Å²) in [4.78, 5) is 40.1. The van der Waals surface area contributed by atoms with Gasteiger partial charge >= 0.3 is 0 Å². The summed E-state index contributed by atoms with van der Waals surface area (Å²) in [5.74, 6) is -3.13. The molecule has 3 amide bonds. The van der Waals surface area contributed by atoms with Gasteiger partial charge in [0.15, 0.2) is 5.69 Å². The molecule has 0 saturated heterocycles. The Bertz CT molecular complexity index is 1180. The van der Waals surface area contributed by atoms with Crippen LogP contribution in [0.2, 0.25) is 5.02 Å². The predicted molar refractivity (Wildman–Crippen MR) is 110 cm³/mol. The van der Waals surface area contributed by atoms with E-state index in [0.717, 1.165) is 18.5 Å². The average Bonchev–Trinajstić information content (AvgIpc) is 3.18. The first-order chi connectivity index (χ1) is 15.2. The molecule has 0 aliphatic carbocycles. The second-order valence-corrected chi connectivity index (χ2v) is 6.81. The molecule has 4 N–H and O–H groups in total. The summed E-state index contributed by atoms with van der Waals surface area (Å²) in [6.07, 6.45) is -1.65. The Balaban J connectivity index is 1.85. The quantitative estimate of drug-likeness (QED) is 0.497. The van der Waals surface area contributed by atoms with Crippen molar-refractivity contribution in [3.8, 4) is 5.69 Å². The van der Waals surface area contributed by atoms with E-state index in [2.05, 4.69) is 10.3 Å². The summed E-state index contributed by atoms with van der Waals surface area (Å²) < 4.78 is 39.2. The Labute approximate surface area is 184 Å². The third kappa shape index (κ3) is 5.06. The van der Waals surface area contributed by atoms with Gasteiger partial charge in [-0.1, -0.05) is 11.6 Å². The highest BCUT2D eigenvalue weighted by Crippen LogP contribution is 2.21. The number of rotatable bonds is 7. The van der Waals surface area contributed by atoms with Crippen molar-refractivity contribution >= 4 is 35.0 Å². The molecule has 8 nitrogen and oxygen atoms in total. The summed E-state index contributed by atoms with van der Waals surface area (Å²) in [5.41, 5.74) is 5.28. The Hall–Kier alpha value is -3.86. The number of halogens is 4. The number of hydrogen-bond acceptors (Lipinski definition) is 4. The third-order valence-corrected chi connectivity index (χ3v) is 4.52. The van der Waals surface area contributed by atoms with Crippen molar-refractivity contribution in [1.29, 1.82) is 0 Å². The lowest BCUT2D eigenvalue weighted by Gasteiger charge is -2.11. The number of benzene rings is 2. The molecule has 0 spiro atoms. The number of nitrogens with zero attached hydrogens (tertiary/aromatic N) is 2. The van der Waals surface area contributed by atoms with Crippen LogP contribution in [0.25, 0.3) is 5.69 Å². The Morgan fingerprint density at radius 1 is 1.09 bits per heavy atom. The molecular weight excluding hydrogens is 451 g/mol. The van der Waals surface area contributed by atoms with E-state index in [0.29, 0.717) is 11.4 Å². The molecule has 32 heavy (non-hydrogen) atoms. The number of carbonyl (C=O) groups is 3. The van der Waals surface area contributed by atoms with Crippen LogP contribution in [0, 0.1) is 5.82 Å². The number of primary amides is 1. The van der Waals surface area contributed by atoms with Crippen molar-refractivity contribution in [2.45, 2.75) is 6.43 Å². The fourth-order valence-corrected chi connectivity index (χ4v) is 3.03. The number of nitrogens with one attached hydrogen (secondary N) is 2. The highest BCUT2D eigenvalue weighted by molar-refractivity contribution is 6.34. The van der Waals surface area contributed by atoms with Crippen molar-refractivity contribution in [2.75, 3.05) is 11.9 Å². The van der Waals surface area contributed by atoms with E-state index in [9.17, 15) is 27.6 Å². The van der Waals surface area contributed by atoms with Crippen LogP contribution >= 0.6 is 11.6 Å². The van der Waals surface area contributed by atoms with Gasteiger partial charge in [0.25, 0.3) is 24.1 Å². The van der Waals surface area contributed by atoms with E-state index in [1.54, 1.807) is 0 Å². The van der Waals surface area contributed by atoms with Crippen molar-refractivity contribution < 1.29 is 27.6 Å². The number of amides is 3. The summed E-state index contributed by atoms with van der Waals surface area (Å²) in [7, 11) is 0. The summed E-state index contributed by atoms with van der Waals surface area (Å²) >= 11 is 5.88. The molecule has 0 saturated carbocycles. The van der Waals surface area contributed by atoms with Gasteiger partial charge in [0.05, 0.1) is 17.1 Å². The van der Waals surface area contributed by atoms with Crippen LogP contribution in [0.5, 0.6) is 0 Å². The summed E-state index contributed by atoms with van der Waals surface area (Å²) in [5, 5.41) is 4.53. The van der Waals surface area contributed by atoms with Gasteiger partial charge in [-0.2, -0.15) is 0 Å². The molecule has 1 heterocycles. The molecule has 1 aromatic heterocycles. The van der Waals surface area contributed by atoms with Crippen LogP contribution in [0.1, 0.15) is 31.3 Å². The Morgan fingerprint density at radius 3 is 2.38 bits per heavy atom. The number of alkyl halides is 2. The van der Waals surface area contributed by atoms with Gasteiger partial charge in [-0.05, 0) is 42.5 Å². The number of aromatic nitrogens is 2. The molecule has 3 rings (SSSR count). The molecule has 3 aromatic rings. The molecule has 0 bridgehead atoms. The maximum absolute atomic E-state index is 13.2. The van der Waals surface area contributed by atoms with Gasteiger partial charge in [0.2, 0.25) is 0 Å². The highest BCUT2D eigenvalue weighted by Gasteiger charge is 2.24. The first-order valence-electron chi connectivity index (χ1n) is 8.97. The van der Waals surface area contributed by atoms with E-state index in [-0.39, 0.29) is 22.0 Å². The minimum Gasteiger partial charge on any atom is -0.364 e. The fourth-order valence-electron chi connectivity index (χ4n) is 2.77. The van der Waals surface area contributed by atoms with Crippen LogP contribution in [0.4, 0.5) is 18.9 Å². The van der Waals surface area contributed by atoms with E-state index in [4.69, 9.17) is 17.3 Å². The Morgan fingerprint density at radius 2 is 1.78 bits per heavy atom. The van der Waals surface area contributed by atoms with Crippen LogP contribution in [0.15, 0.2) is 48.8 Å². The van der Waals surface area contributed by atoms with Gasteiger partial charge < -0.3 is 16.4 Å². The van der Waals surface area contributed by atoms with Crippen molar-refractivity contribution in [3.05, 3.63) is 76.6 Å². The molecule has 166 valence electrons. The van der Waals surface area contributed by atoms with Gasteiger partial charge in [-0.25, -0.2) is 18.2 Å². The lowest BCUT2D eigenvalue weighted by molar-refractivity contribution is 0.0876. The second-order valence-electron chi connectivity index (χ2n) is 6.40. The van der Waals surface area contributed by atoms with E-state index >= 15 is 0 Å². The summed E-state index contributed by atoms with van der Waals surface area (Å²) in [6.45, 7) is -0.918. The number of imidazole rings is 1. The molecule has 0 unspecified atom stereocenters. The second kappa shape index (κ2) is 9.52. The minimum atomic E-state index is -2.79. The predicted octanol–water partition coefficient (Wildman–Crippen LogP) is 3.01. The SMILES string of the molecule is NC(=O)c1ncn(-c2ccc(NC(=O)c3ccc(F)cc3Cl)cc2)c1C(=O)NCC(F)F. The zero-order valence-corrected chi connectivity index (χ0v) is 16.9. The number of carbonyl (C=O) groups excluding carboxylic acids is 3. The fraction of sp³-hybridized carbons (Fsp3) is 0.100. The molecular formula is C20H15ClF3N5O3. The maximum Gasteiger partial charge on any atom is 0.270 e. The molecule has 0 aliphatic heterocycles. The first-order valence-corrected chi connectivity index (χ1v) is 9.35. The smallest absolute Gasteiger partial charge is 0.270 e. The molecule has 0 fully saturated rings. The average molecular weight is 466 g/mol. The van der Waals surface area contributed by atoms with Gasteiger partial charge in [0.1, 0.15) is 17.8 Å². The number of anilines is 1. The molecule has 0 atom stereocenters. The topological polar surface area (TPSA) is 119 Å². The largest absolute Gasteiger partial charge is 0.364 e. The third-order valence-electron chi connectivity index (χ3n) is 4.21. The molecule has 2 aromatic carbocycles. The highest BCUT2D eigenvalue weighted by atomic mass is 35.5. The van der Waals surface area contributed by atoms with Crippen molar-refractivity contribution in [3.63, 3.8) is 0 Å². The standard InChI is InChI=1S/C20H15ClF3N5O3/c21-14-7-10(22)1-6-13(14)19(31)28-11-2-4-12(5-3-11)29-9-27-16(18(25)30)17(29)20(32)26-8-15(23)24/h1-7,9,15H,8H2,(H2,25,30)(H,26,32)(H,28,31). The zero-order chi connectivity index (χ0) is 23.4. The van der Waals surface area contributed by atoms with Crippen LogP contribution in [-0.2, 0) is 0 Å². The Kier molecular flexibility index (Phi) is 6.79. The van der Waals surface area contributed by atoms with Crippen molar-refractivity contribution in [1.82, 2.24) is 14.9 Å². The van der Waals surface area contributed by atoms with E-state index in [1.165, 1.54) is 34.9 Å². The molecule has 0 radical (unpaired) electrons. The first kappa shape index (κ1) is 22.8. The lowest BCUT2D eigenvalue weighted by Crippen LogP contribution is -2.32. The minimum absolute atomic E-state index is 0.0593. The maximum atomic E-state index is 13.2. The van der Waals surface area contributed by atoms with Crippen LogP contribution in [0.3, 0.4) is 0 Å². The van der Waals surface area contributed by atoms with Gasteiger partial charge in [-0.3, -0.25) is 19.0 Å². The number of hydrogen-bond donors (Lipinski definition) is 3. The summed E-state index contributed by atoms with van der Waals surface area (Å²) in [6, 6.07) is 9.28.